The van der Waals surface area contributed by atoms with Crippen molar-refractivity contribution in [3.8, 4) is 0 Å². The number of rotatable bonds is 5. The van der Waals surface area contributed by atoms with E-state index in [-0.39, 0.29) is 11.9 Å². The first-order valence-electron chi connectivity index (χ1n) is 6.18. The molecular weight excluding hydrogens is 202 g/mol. The maximum Gasteiger partial charge on any atom is 0.239 e. The van der Waals surface area contributed by atoms with Gasteiger partial charge in [0.15, 0.2) is 0 Å². The Hall–Kier alpha value is -0.610. The normalized spacial score (nSPS) is 23.9. The zero-order chi connectivity index (χ0) is 12.1. The van der Waals surface area contributed by atoms with Crippen molar-refractivity contribution in [2.75, 3.05) is 34.2 Å². The molecule has 0 aromatic heterocycles. The number of piperidine rings is 1. The van der Waals surface area contributed by atoms with Crippen LogP contribution in [0.3, 0.4) is 0 Å². The number of carbonyl (C=O) groups excluding carboxylic acids is 1. The van der Waals surface area contributed by atoms with E-state index in [1.807, 2.05) is 11.9 Å². The van der Waals surface area contributed by atoms with Crippen molar-refractivity contribution in [2.45, 2.75) is 38.3 Å². The number of hydrogen-bond acceptors (Lipinski definition) is 3. The van der Waals surface area contributed by atoms with Crippen molar-refractivity contribution in [1.82, 2.24) is 15.1 Å². The van der Waals surface area contributed by atoms with Gasteiger partial charge in [0.05, 0.1) is 6.04 Å². The van der Waals surface area contributed by atoms with Crippen LogP contribution < -0.4 is 5.32 Å². The second kappa shape index (κ2) is 6.21. The van der Waals surface area contributed by atoms with Gasteiger partial charge < -0.3 is 15.1 Å². The van der Waals surface area contributed by atoms with Crippen molar-refractivity contribution >= 4 is 5.91 Å². The molecule has 1 heterocycles. The lowest BCUT2D eigenvalue weighted by Gasteiger charge is -2.36. The predicted octanol–water partition coefficient (Wildman–Crippen LogP) is 0.537. The largest absolute Gasteiger partial charge is 0.339 e. The van der Waals surface area contributed by atoms with Crippen molar-refractivity contribution < 1.29 is 4.79 Å². The van der Waals surface area contributed by atoms with Gasteiger partial charge in [0.1, 0.15) is 0 Å². The van der Waals surface area contributed by atoms with Crippen LogP contribution in [0, 0.1) is 0 Å². The molecule has 0 aromatic carbocycles. The van der Waals surface area contributed by atoms with Crippen molar-refractivity contribution in [3.05, 3.63) is 0 Å². The van der Waals surface area contributed by atoms with E-state index in [2.05, 4.69) is 31.2 Å². The molecule has 1 aliphatic rings. The lowest BCUT2D eigenvalue weighted by atomic mass is 10.0. The highest BCUT2D eigenvalue weighted by Crippen LogP contribution is 2.16. The van der Waals surface area contributed by atoms with E-state index in [9.17, 15) is 4.79 Å². The molecule has 94 valence electrons. The molecule has 1 saturated heterocycles. The summed E-state index contributed by atoms with van der Waals surface area (Å²) in [4.78, 5) is 16.3. The van der Waals surface area contributed by atoms with Gasteiger partial charge in [-0.25, -0.2) is 0 Å². The maximum atomic E-state index is 12.1. The van der Waals surface area contributed by atoms with Crippen molar-refractivity contribution in [3.63, 3.8) is 0 Å². The number of carbonyl (C=O) groups is 1. The molecule has 0 radical (unpaired) electrons. The molecule has 4 heteroatoms. The van der Waals surface area contributed by atoms with E-state index in [0.29, 0.717) is 6.04 Å². The summed E-state index contributed by atoms with van der Waals surface area (Å²) in [6.45, 7) is 4.11. The summed E-state index contributed by atoms with van der Waals surface area (Å²) >= 11 is 0. The molecule has 1 N–H and O–H groups in total. The highest BCUT2D eigenvalue weighted by molar-refractivity contribution is 5.82. The van der Waals surface area contributed by atoms with E-state index in [1.54, 1.807) is 0 Å². The minimum Gasteiger partial charge on any atom is -0.339 e. The maximum absolute atomic E-state index is 12.1. The van der Waals surface area contributed by atoms with Gasteiger partial charge in [-0.2, -0.15) is 0 Å². The van der Waals surface area contributed by atoms with Crippen molar-refractivity contribution in [1.29, 1.82) is 0 Å². The lowest BCUT2D eigenvalue weighted by molar-refractivity contribution is -0.138. The Morgan fingerprint density at radius 2 is 2.25 bits per heavy atom. The van der Waals surface area contributed by atoms with Gasteiger partial charge in [0, 0.05) is 12.6 Å². The fourth-order valence-electron chi connectivity index (χ4n) is 2.21. The van der Waals surface area contributed by atoms with Gasteiger partial charge >= 0.3 is 0 Å². The van der Waals surface area contributed by atoms with Crippen LogP contribution in [0.15, 0.2) is 0 Å². The minimum absolute atomic E-state index is 0.0376. The highest BCUT2D eigenvalue weighted by atomic mass is 16.2. The molecule has 0 bridgehead atoms. The molecule has 0 aliphatic carbocycles. The van der Waals surface area contributed by atoms with E-state index < -0.39 is 0 Å². The molecular formula is C12H25N3O. The van der Waals surface area contributed by atoms with E-state index in [4.69, 9.17) is 0 Å². The molecule has 2 atom stereocenters. The number of nitrogens with zero attached hydrogens (tertiary/aromatic N) is 2. The Kier molecular flexibility index (Phi) is 5.22. The summed E-state index contributed by atoms with van der Waals surface area (Å²) in [6.07, 6.45) is 3.14. The van der Waals surface area contributed by atoms with Crippen LogP contribution in [0.2, 0.25) is 0 Å². The molecule has 16 heavy (non-hydrogen) atoms. The van der Waals surface area contributed by atoms with Crippen LogP contribution in [-0.2, 0) is 4.79 Å². The Morgan fingerprint density at radius 3 is 2.81 bits per heavy atom. The van der Waals surface area contributed by atoms with Gasteiger partial charge in [0.25, 0.3) is 0 Å². The summed E-state index contributed by atoms with van der Waals surface area (Å²) in [5.41, 5.74) is 0. The number of hydrogen-bond donors (Lipinski definition) is 1. The third-order valence-electron chi connectivity index (χ3n) is 3.35. The van der Waals surface area contributed by atoms with Gasteiger partial charge in [-0.15, -0.1) is 0 Å². The molecule has 0 aromatic rings. The third-order valence-corrected chi connectivity index (χ3v) is 3.35. The van der Waals surface area contributed by atoms with Crippen LogP contribution in [0.25, 0.3) is 0 Å². The molecule has 1 rings (SSSR count). The van der Waals surface area contributed by atoms with Gasteiger partial charge in [-0.05, 0) is 53.9 Å². The molecule has 2 unspecified atom stereocenters. The summed E-state index contributed by atoms with van der Waals surface area (Å²) in [7, 11) is 6.01. The van der Waals surface area contributed by atoms with Crippen molar-refractivity contribution in [2.24, 2.45) is 0 Å². The quantitative estimate of drug-likeness (QED) is 0.744. The summed E-state index contributed by atoms with van der Waals surface area (Å²) in [5, 5.41) is 3.10. The minimum atomic E-state index is 0.0376. The van der Waals surface area contributed by atoms with E-state index in [0.717, 1.165) is 32.4 Å². The van der Waals surface area contributed by atoms with Crippen LogP contribution in [0.1, 0.15) is 26.2 Å². The summed E-state index contributed by atoms with van der Waals surface area (Å²) < 4.78 is 0. The average molecular weight is 227 g/mol. The average Bonchev–Trinajstić information content (AvgIpc) is 2.26. The molecule has 1 aliphatic heterocycles. The predicted molar refractivity (Wildman–Crippen MR) is 66.4 cm³/mol. The van der Waals surface area contributed by atoms with Crippen LogP contribution in [-0.4, -0.2) is 62.0 Å². The lowest BCUT2D eigenvalue weighted by Crippen LogP contribution is -2.53. The number of amides is 1. The van der Waals surface area contributed by atoms with Gasteiger partial charge in [-0.1, -0.05) is 0 Å². The van der Waals surface area contributed by atoms with Gasteiger partial charge in [-0.3, -0.25) is 4.79 Å². The molecule has 1 amide bonds. The number of nitrogens with one attached hydrogen (secondary N) is 1. The zero-order valence-corrected chi connectivity index (χ0v) is 11.0. The standard InChI is InChI=1S/C12H25N3O/c1-10(7-9-14(3)4)15-8-5-6-11(13-2)12(15)16/h10-11,13H,5-9H2,1-4H3. The molecule has 0 saturated carbocycles. The van der Waals surface area contributed by atoms with Gasteiger partial charge in [0.2, 0.25) is 5.91 Å². The molecule has 1 fully saturated rings. The highest BCUT2D eigenvalue weighted by Gasteiger charge is 2.30. The van der Waals surface area contributed by atoms with Crippen LogP contribution in [0.4, 0.5) is 0 Å². The first-order valence-corrected chi connectivity index (χ1v) is 6.18. The fourth-order valence-corrected chi connectivity index (χ4v) is 2.21. The topological polar surface area (TPSA) is 35.6 Å². The Morgan fingerprint density at radius 1 is 1.56 bits per heavy atom. The monoisotopic (exact) mass is 227 g/mol. The first-order chi connectivity index (χ1) is 7.56. The van der Waals surface area contributed by atoms with Crippen LogP contribution >= 0.6 is 0 Å². The second-order valence-corrected chi connectivity index (χ2v) is 4.96. The van der Waals surface area contributed by atoms with E-state index >= 15 is 0 Å². The molecule has 0 spiro atoms. The van der Waals surface area contributed by atoms with Crippen LogP contribution in [0.5, 0.6) is 0 Å². The Bertz CT molecular complexity index is 230. The SMILES string of the molecule is CNC1CCCN(C(C)CCN(C)C)C1=O. The molecule has 4 nitrogen and oxygen atoms in total. The zero-order valence-electron chi connectivity index (χ0n) is 11.0. The summed E-state index contributed by atoms with van der Waals surface area (Å²) in [6, 6.07) is 0.390. The Balaban J connectivity index is 2.47. The second-order valence-electron chi connectivity index (χ2n) is 4.96. The number of likely N-dealkylation sites (N-methyl/N-ethyl adjacent to an activating group) is 1. The summed E-state index contributed by atoms with van der Waals surface area (Å²) in [5.74, 6) is 0.278. The fraction of sp³-hybridized carbons (Fsp3) is 0.917. The van der Waals surface area contributed by atoms with E-state index in [1.165, 1.54) is 0 Å². The third kappa shape index (κ3) is 3.46. The number of likely N-dealkylation sites (tertiary alicyclic amines) is 1. The smallest absolute Gasteiger partial charge is 0.239 e. The first kappa shape index (κ1) is 13.5. The Labute approximate surface area is 99.0 Å².